The van der Waals surface area contributed by atoms with E-state index < -0.39 is 10.0 Å². The molecule has 1 aromatic rings. The standard InChI is InChI=1S/C28H38N2O4S/c1-18-5-8-22(9-6-18)35(32,33)30-29-26-12-11-24-23-10-7-20-17-21(34-19(2)31)13-15-27(20,3)25(23)14-16-28(24,26)4/h5-9,21,23-25,30H,10-17H2,1-4H3/t21-,23-,24-,25-,27-,28-/m0/s1. The molecule has 6 atom stereocenters. The Morgan fingerprint density at radius 3 is 2.46 bits per heavy atom. The number of aryl methyl sites for hydroxylation is 1. The van der Waals surface area contributed by atoms with E-state index >= 15 is 0 Å². The van der Waals surface area contributed by atoms with E-state index in [4.69, 9.17) is 4.74 Å². The van der Waals surface area contributed by atoms with Crippen LogP contribution in [0.25, 0.3) is 0 Å². The van der Waals surface area contributed by atoms with Crippen molar-refractivity contribution >= 4 is 21.7 Å². The van der Waals surface area contributed by atoms with E-state index in [1.165, 1.54) is 12.5 Å². The van der Waals surface area contributed by atoms with Gasteiger partial charge in [-0.25, -0.2) is 4.83 Å². The van der Waals surface area contributed by atoms with Crippen LogP contribution in [-0.2, 0) is 19.6 Å². The highest BCUT2D eigenvalue weighted by Crippen LogP contribution is 2.64. The van der Waals surface area contributed by atoms with E-state index in [-0.39, 0.29) is 27.8 Å². The number of sulfonamides is 1. The van der Waals surface area contributed by atoms with Gasteiger partial charge in [-0.15, -0.1) is 0 Å². The quantitative estimate of drug-likeness (QED) is 0.336. The molecule has 0 spiro atoms. The maximum Gasteiger partial charge on any atom is 0.302 e. The number of hydrogen-bond acceptors (Lipinski definition) is 5. The average molecular weight is 499 g/mol. The summed E-state index contributed by atoms with van der Waals surface area (Å²) in [6.45, 7) is 8.18. The van der Waals surface area contributed by atoms with Crippen molar-refractivity contribution in [3.05, 3.63) is 41.5 Å². The number of carbonyl (C=O) groups excluding carboxylic acids is 1. The maximum absolute atomic E-state index is 12.8. The number of allylic oxidation sites excluding steroid dienone is 1. The predicted molar refractivity (Wildman–Crippen MR) is 136 cm³/mol. The zero-order valence-electron chi connectivity index (χ0n) is 21.3. The maximum atomic E-state index is 12.8. The molecule has 0 bridgehead atoms. The van der Waals surface area contributed by atoms with Gasteiger partial charge in [-0.1, -0.05) is 43.2 Å². The molecule has 0 aliphatic heterocycles. The summed E-state index contributed by atoms with van der Waals surface area (Å²) >= 11 is 0. The average Bonchev–Trinajstić information content (AvgIpc) is 3.14. The largest absolute Gasteiger partial charge is 0.462 e. The second-order valence-electron chi connectivity index (χ2n) is 11.7. The SMILES string of the molecule is CC(=O)O[C@H]1CC[C@@]2(C)C(=CC[C@@H]3[C@@H]2CC[C@]2(C)C(=NNS(=O)(=O)c4ccc(C)cc4)CC[C@@H]32)C1. The molecule has 0 radical (unpaired) electrons. The Bertz CT molecular complexity index is 1170. The molecule has 0 saturated heterocycles. The summed E-state index contributed by atoms with van der Waals surface area (Å²) in [5, 5.41) is 4.54. The lowest BCUT2D eigenvalue weighted by Gasteiger charge is -2.57. The molecule has 3 saturated carbocycles. The van der Waals surface area contributed by atoms with E-state index in [2.05, 4.69) is 29.9 Å². The van der Waals surface area contributed by atoms with Crippen LogP contribution in [0.4, 0.5) is 0 Å². The fourth-order valence-corrected chi connectivity index (χ4v) is 8.65. The van der Waals surface area contributed by atoms with Crippen LogP contribution in [0.1, 0.15) is 77.7 Å². The van der Waals surface area contributed by atoms with Crippen LogP contribution in [0.5, 0.6) is 0 Å². The van der Waals surface area contributed by atoms with E-state index in [9.17, 15) is 13.2 Å². The fraction of sp³-hybridized carbons (Fsp3) is 0.643. The van der Waals surface area contributed by atoms with Crippen LogP contribution in [0.3, 0.4) is 0 Å². The number of nitrogens with one attached hydrogen (secondary N) is 1. The normalized spacial score (nSPS) is 37.6. The summed E-state index contributed by atoms with van der Waals surface area (Å²) < 4.78 is 31.2. The molecule has 35 heavy (non-hydrogen) atoms. The monoisotopic (exact) mass is 498 g/mol. The van der Waals surface area contributed by atoms with Gasteiger partial charge in [0.2, 0.25) is 0 Å². The van der Waals surface area contributed by atoms with Crippen LogP contribution in [-0.4, -0.2) is 26.2 Å². The number of fused-ring (bicyclic) bond motifs is 5. The first-order chi connectivity index (χ1) is 16.5. The second kappa shape index (κ2) is 8.75. The molecule has 0 unspecified atom stereocenters. The summed E-state index contributed by atoms with van der Waals surface area (Å²) in [7, 11) is -3.67. The van der Waals surface area contributed by atoms with E-state index in [1.54, 1.807) is 24.3 Å². The summed E-state index contributed by atoms with van der Waals surface area (Å²) in [4.78, 5) is 14.3. The highest BCUT2D eigenvalue weighted by atomic mass is 32.2. The van der Waals surface area contributed by atoms with Gasteiger partial charge in [0, 0.05) is 24.5 Å². The van der Waals surface area contributed by atoms with Gasteiger partial charge in [-0.3, -0.25) is 4.79 Å². The zero-order valence-corrected chi connectivity index (χ0v) is 22.2. The van der Waals surface area contributed by atoms with E-state index in [0.29, 0.717) is 17.8 Å². The number of rotatable bonds is 4. The summed E-state index contributed by atoms with van der Waals surface area (Å²) in [5.74, 6) is 1.55. The van der Waals surface area contributed by atoms with Gasteiger partial charge >= 0.3 is 5.97 Å². The molecule has 1 aromatic carbocycles. The van der Waals surface area contributed by atoms with Gasteiger partial charge in [-0.2, -0.15) is 13.5 Å². The van der Waals surface area contributed by atoms with Crippen LogP contribution < -0.4 is 4.83 Å². The van der Waals surface area contributed by atoms with Crippen LogP contribution >= 0.6 is 0 Å². The lowest BCUT2D eigenvalue weighted by Crippen LogP contribution is -2.50. The van der Waals surface area contributed by atoms with Crippen LogP contribution in [0, 0.1) is 35.5 Å². The Labute approximate surface area is 209 Å². The van der Waals surface area contributed by atoms with Gasteiger partial charge in [0.15, 0.2) is 0 Å². The van der Waals surface area contributed by atoms with Crippen molar-refractivity contribution < 1.29 is 17.9 Å². The summed E-state index contributed by atoms with van der Waals surface area (Å²) in [6, 6.07) is 6.87. The van der Waals surface area contributed by atoms with E-state index in [0.717, 1.165) is 62.6 Å². The Balaban J connectivity index is 1.34. The van der Waals surface area contributed by atoms with Crippen molar-refractivity contribution in [2.24, 2.45) is 33.7 Å². The van der Waals surface area contributed by atoms with Crippen molar-refractivity contribution in [1.29, 1.82) is 0 Å². The Kier molecular flexibility index (Phi) is 6.14. The molecular weight excluding hydrogens is 460 g/mol. The first kappa shape index (κ1) is 24.5. The van der Waals surface area contributed by atoms with Crippen molar-refractivity contribution in [3.63, 3.8) is 0 Å². The molecule has 0 heterocycles. The zero-order chi connectivity index (χ0) is 25.0. The Hall–Kier alpha value is -2.15. The van der Waals surface area contributed by atoms with Gasteiger partial charge in [0.1, 0.15) is 6.10 Å². The molecule has 5 rings (SSSR count). The third-order valence-corrected chi connectivity index (χ3v) is 11.0. The first-order valence-electron chi connectivity index (χ1n) is 13.1. The van der Waals surface area contributed by atoms with Crippen LogP contribution in [0.15, 0.2) is 45.9 Å². The molecule has 0 aromatic heterocycles. The van der Waals surface area contributed by atoms with Gasteiger partial charge in [-0.05, 0) is 87.2 Å². The molecule has 3 fully saturated rings. The van der Waals surface area contributed by atoms with Gasteiger partial charge in [0.25, 0.3) is 10.0 Å². The minimum absolute atomic E-state index is 0.0176. The van der Waals surface area contributed by atoms with Gasteiger partial charge in [0.05, 0.1) is 4.90 Å². The van der Waals surface area contributed by atoms with Gasteiger partial charge < -0.3 is 4.74 Å². The van der Waals surface area contributed by atoms with E-state index in [1.807, 2.05) is 6.92 Å². The minimum atomic E-state index is -3.67. The predicted octanol–water partition coefficient (Wildman–Crippen LogP) is 5.52. The Morgan fingerprint density at radius 2 is 1.74 bits per heavy atom. The smallest absolute Gasteiger partial charge is 0.302 e. The third-order valence-electron chi connectivity index (χ3n) is 9.76. The molecule has 7 heteroatoms. The lowest BCUT2D eigenvalue weighted by molar-refractivity contribution is -0.148. The highest BCUT2D eigenvalue weighted by Gasteiger charge is 2.58. The lowest BCUT2D eigenvalue weighted by atomic mass is 9.48. The number of benzene rings is 1. The molecule has 0 amide bonds. The topological polar surface area (TPSA) is 84.8 Å². The number of ether oxygens (including phenoxy) is 1. The number of esters is 1. The van der Waals surface area contributed by atoms with Crippen molar-refractivity contribution in [1.82, 2.24) is 4.83 Å². The van der Waals surface area contributed by atoms with Crippen LogP contribution in [0.2, 0.25) is 0 Å². The number of nitrogens with zero attached hydrogens (tertiary/aromatic N) is 1. The molecule has 6 nitrogen and oxygen atoms in total. The fourth-order valence-electron chi connectivity index (χ4n) is 7.82. The number of hydrazone groups is 1. The molecule has 1 N–H and O–H groups in total. The Morgan fingerprint density at radius 1 is 1.06 bits per heavy atom. The van der Waals surface area contributed by atoms with Crippen molar-refractivity contribution in [3.8, 4) is 0 Å². The van der Waals surface area contributed by atoms with Crippen molar-refractivity contribution in [2.45, 2.75) is 90.1 Å². The third kappa shape index (κ3) is 4.24. The second-order valence-corrected chi connectivity index (χ2v) is 13.4. The van der Waals surface area contributed by atoms with Crippen molar-refractivity contribution in [2.75, 3.05) is 0 Å². The molecule has 4 aliphatic rings. The minimum Gasteiger partial charge on any atom is -0.462 e. The molecule has 190 valence electrons. The summed E-state index contributed by atoms with van der Waals surface area (Å²) in [5.41, 5.74) is 3.63. The number of hydrogen-bond donors (Lipinski definition) is 1. The molecular formula is C28H38N2O4S. The number of carbonyl (C=O) groups is 1. The summed E-state index contributed by atoms with van der Waals surface area (Å²) in [6.07, 6.45) is 10.5. The first-order valence-corrected chi connectivity index (χ1v) is 14.5. The highest BCUT2D eigenvalue weighted by molar-refractivity contribution is 7.89. The molecule has 4 aliphatic carbocycles.